The fourth-order valence-corrected chi connectivity index (χ4v) is 0.918. The Bertz CT molecular complexity index is 362. The number of carboxylic acid groups (broad SMARTS) is 1. The van der Waals surface area contributed by atoms with Gasteiger partial charge in [-0.3, -0.25) is 0 Å². The molecule has 0 aromatic rings. The molecule has 0 fully saturated rings. The van der Waals surface area contributed by atoms with Crippen LogP contribution in [0.25, 0.3) is 0 Å². The van der Waals surface area contributed by atoms with E-state index in [-0.39, 0.29) is 5.57 Å². The van der Waals surface area contributed by atoms with Gasteiger partial charge in [0.2, 0.25) is 12.2 Å². The molecule has 0 saturated heterocycles. The van der Waals surface area contributed by atoms with Crippen molar-refractivity contribution in [2.45, 2.75) is 25.9 Å². The van der Waals surface area contributed by atoms with E-state index < -0.39 is 18.1 Å². The summed E-state index contributed by atoms with van der Waals surface area (Å²) in [5.41, 5.74) is -0.107. The number of carbonyl (C=O) groups excluding carboxylic acids is 2. The van der Waals surface area contributed by atoms with Gasteiger partial charge in [-0.15, -0.1) is 0 Å². The van der Waals surface area contributed by atoms with E-state index in [1.165, 1.54) is 32.1 Å². The van der Waals surface area contributed by atoms with E-state index in [4.69, 9.17) is 5.11 Å². The van der Waals surface area contributed by atoms with Crippen LogP contribution in [0, 0.1) is 0 Å². The molecule has 0 spiro atoms. The lowest BCUT2D eigenvalue weighted by molar-refractivity contribution is -0.132. The van der Waals surface area contributed by atoms with Crippen LogP contribution in [0.5, 0.6) is 0 Å². The molecule has 80 valence electrons. The first-order chi connectivity index (χ1) is 7.02. The second-order valence-electron chi connectivity index (χ2n) is 2.78. The highest BCUT2D eigenvalue weighted by molar-refractivity contribution is 5.88. The molecule has 0 aliphatic carbocycles. The number of hydrogen-bond acceptors (Lipinski definition) is 5. The van der Waals surface area contributed by atoms with Gasteiger partial charge in [-0.2, -0.15) is 9.98 Å². The number of carboxylic acids is 1. The minimum atomic E-state index is -1.21. The van der Waals surface area contributed by atoms with Crippen molar-refractivity contribution in [2.24, 2.45) is 9.98 Å². The number of rotatable bonds is 5. The summed E-state index contributed by atoms with van der Waals surface area (Å²) < 4.78 is 0. The number of nitrogens with zero attached hydrogens (tertiary/aromatic N) is 2. The van der Waals surface area contributed by atoms with E-state index >= 15 is 0 Å². The summed E-state index contributed by atoms with van der Waals surface area (Å²) in [5.74, 6) is -1.21. The number of aliphatic imine (C=N–C) groups is 2. The first-order valence-corrected chi connectivity index (χ1v) is 4.11. The van der Waals surface area contributed by atoms with Crippen molar-refractivity contribution in [3.05, 3.63) is 11.6 Å². The Morgan fingerprint density at radius 2 is 1.80 bits per heavy atom. The number of isocyanates is 2. The quantitative estimate of drug-likeness (QED) is 0.404. The first kappa shape index (κ1) is 13.0. The van der Waals surface area contributed by atoms with Crippen LogP contribution >= 0.6 is 0 Å². The molecule has 15 heavy (non-hydrogen) atoms. The monoisotopic (exact) mass is 210 g/mol. The summed E-state index contributed by atoms with van der Waals surface area (Å²) in [6, 6.07) is -1.43. The third-order valence-electron chi connectivity index (χ3n) is 1.62. The molecule has 0 rings (SSSR count). The van der Waals surface area contributed by atoms with E-state index in [9.17, 15) is 14.4 Å². The van der Waals surface area contributed by atoms with Crippen LogP contribution in [0.4, 0.5) is 0 Å². The Balaban J connectivity index is 5.03. The molecule has 0 heterocycles. The Hall–Kier alpha value is -2.03. The SMILES string of the molecule is CC(/C=C(\C(=O)O)C(C)N=C=O)N=C=O. The third-order valence-corrected chi connectivity index (χ3v) is 1.62. The van der Waals surface area contributed by atoms with Gasteiger partial charge in [-0.1, -0.05) is 0 Å². The Labute approximate surface area is 86.0 Å². The van der Waals surface area contributed by atoms with Gasteiger partial charge in [0.05, 0.1) is 17.7 Å². The molecule has 0 aliphatic heterocycles. The Morgan fingerprint density at radius 3 is 2.20 bits per heavy atom. The molecular formula is C9H10N2O4. The summed E-state index contributed by atoms with van der Waals surface area (Å²) in [6.45, 7) is 2.95. The minimum absolute atomic E-state index is 0.107. The number of hydrogen-bond donors (Lipinski definition) is 1. The molecule has 0 bridgehead atoms. The first-order valence-electron chi connectivity index (χ1n) is 4.11. The molecule has 0 radical (unpaired) electrons. The third kappa shape index (κ3) is 4.67. The fraction of sp³-hybridized carbons (Fsp3) is 0.444. The van der Waals surface area contributed by atoms with E-state index in [0.717, 1.165) is 0 Å². The van der Waals surface area contributed by atoms with Gasteiger partial charge in [-0.05, 0) is 19.9 Å². The minimum Gasteiger partial charge on any atom is -0.478 e. The maximum absolute atomic E-state index is 10.8. The van der Waals surface area contributed by atoms with Crippen LogP contribution in [-0.2, 0) is 14.4 Å². The van der Waals surface area contributed by atoms with Crippen molar-refractivity contribution in [1.29, 1.82) is 0 Å². The standard InChI is InChI=1S/C9H10N2O4/c1-6(10-4-12)3-8(9(14)15)7(2)11-5-13/h3,6-7H,1-2H3,(H,14,15)/b8-3-. The number of carbonyl (C=O) groups is 1. The van der Waals surface area contributed by atoms with Crippen LogP contribution in [0.2, 0.25) is 0 Å². The highest BCUT2D eigenvalue weighted by Gasteiger charge is 2.16. The molecule has 0 aromatic carbocycles. The highest BCUT2D eigenvalue weighted by Crippen LogP contribution is 2.08. The summed E-state index contributed by atoms with van der Waals surface area (Å²) in [6.07, 6.45) is 3.82. The molecule has 2 atom stereocenters. The van der Waals surface area contributed by atoms with Crippen molar-refractivity contribution in [3.8, 4) is 0 Å². The van der Waals surface area contributed by atoms with Gasteiger partial charge in [0.25, 0.3) is 0 Å². The van der Waals surface area contributed by atoms with Crippen molar-refractivity contribution >= 4 is 18.1 Å². The van der Waals surface area contributed by atoms with Gasteiger partial charge in [0, 0.05) is 0 Å². The molecule has 2 unspecified atom stereocenters. The molecule has 0 amide bonds. The second kappa shape index (κ2) is 6.43. The second-order valence-corrected chi connectivity index (χ2v) is 2.78. The van der Waals surface area contributed by atoms with E-state index in [1.807, 2.05) is 0 Å². The zero-order valence-electron chi connectivity index (χ0n) is 8.30. The predicted molar refractivity (Wildman–Crippen MR) is 50.9 cm³/mol. The van der Waals surface area contributed by atoms with Crippen molar-refractivity contribution in [1.82, 2.24) is 0 Å². The van der Waals surface area contributed by atoms with Gasteiger partial charge in [-0.25, -0.2) is 14.4 Å². The normalized spacial score (nSPS) is 14.4. The summed E-state index contributed by atoms with van der Waals surface area (Å²) in [7, 11) is 0. The van der Waals surface area contributed by atoms with Crippen LogP contribution < -0.4 is 0 Å². The molecule has 0 aromatic heterocycles. The van der Waals surface area contributed by atoms with Gasteiger partial charge in [0.15, 0.2) is 0 Å². The maximum Gasteiger partial charge on any atom is 0.333 e. The Kier molecular flexibility index (Phi) is 5.56. The van der Waals surface area contributed by atoms with E-state index in [2.05, 4.69) is 9.98 Å². The molecular weight excluding hydrogens is 200 g/mol. The van der Waals surface area contributed by atoms with Crippen LogP contribution in [0.1, 0.15) is 13.8 Å². The molecule has 6 heteroatoms. The summed E-state index contributed by atoms with van der Waals surface area (Å²) in [4.78, 5) is 37.2. The van der Waals surface area contributed by atoms with Crippen LogP contribution in [0.3, 0.4) is 0 Å². The largest absolute Gasteiger partial charge is 0.478 e. The fourth-order valence-electron chi connectivity index (χ4n) is 0.918. The predicted octanol–water partition coefficient (Wildman–Crippen LogP) is 0.446. The number of aliphatic carboxylic acids is 1. The van der Waals surface area contributed by atoms with Gasteiger partial charge < -0.3 is 5.11 Å². The zero-order valence-corrected chi connectivity index (χ0v) is 8.30. The molecule has 6 nitrogen and oxygen atoms in total. The summed E-state index contributed by atoms with van der Waals surface area (Å²) >= 11 is 0. The lowest BCUT2D eigenvalue weighted by atomic mass is 10.1. The topological polar surface area (TPSA) is 96.2 Å². The highest BCUT2D eigenvalue weighted by atomic mass is 16.4. The summed E-state index contributed by atoms with van der Waals surface area (Å²) in [5, 5.41) is 8.79. The van der Waals surface area contributed by atoms with Crippen LogP contribution in [-0.4, -0.2) is 35.3 Å². The van der Waals surface area contributed by atoms with Crippen molar-refractivity contribution in [2.75, 3.05) is 0 Å². The smallest absolute Gasteiger partial charge is 0.333 e. The van der Waals surface area contributed by atoms with Gasteiger partial charge >= 0.3 is 5.97 Å². The maximum atomic E-state index is 10.8. The molecule has 0 saturated carbocycles. The zero-order chi connectivity index (χ0) is 11.8. The molecule has 1 N–H and O–H groups in total. The van der Waals surface area contributed by atoms with E-state index in [0.29, 0.717) is 0 Å². The Morgan fingerprint density at radius 1 is 1.27 bits per heavy atom. The van der Waals surface area contributed by atoms with E-state index in [1.54, 1.807) is 0 Å². The van der Waals surface area contributed by atoms with Crippen molar-refractivity contribution in [3.63, 3.8) is 0 Å². The lowest BCUT2D eigenvalue weighted by Gasteiger charge is -2.06. The lowest BCUT2D eigenvalue weighted by Crippen LogP contribution is -2.14. The van der Waals surface area contributed by atoms with Gasteiger partial charge in [0.1, 0.15) is 0 Å². The average molecular weight is 210 g/mol. The average Bonchev–Trinajstić information content (AvgIpc) is 2.14. The van der Waals surface area contributed by atoms with Crippen LogP contribution in [0.15, 0.2) is 21.6 Å². The van der Waals surface area contributed by atoms with Crippen molar-refractivity contribution < 1.29 is 19.5 Å². The molecule has 0 aliphatic rings.